The van der Waals surface area contributed by atoms with Crippen molar-refractivity contribution < 1.29 is 4.79 Å². The summed E-state index contributed by atoms with van der Waals surface area (Å²) in [5, 5.41) is 10.3. The number of hydrogen-bond donors (Lipinski definition) is 3. The van der Waals surface area contributed by atoms with Gasteiger partial charge in [0.2, 0.25) is 5.91 Å². The van der Waals surface area contributed by atoms with Gasteiger partial charge in [-0.15, -0.1) is 11.3 Å². The largest absolute Gasteiger partial charge is 0.359 e. The van der Waals surface area contributed by atoms with E-state index in [-0.39, 0.29) is 5.91 Å². The van der Waals surface area contributed by atoms with Gasteiger partial charge in [-0.25, -0.2) is 4.98 Å². The minimum atomic E-state index is -0.525. The second-order valence-corrected chi connectivity index (χ2v) is 7.11. The molecule has 7 heteroatoms. The number of aryl methyl sites for hydroxylation is 1. The Morgan fingerprint density at radius 3 is 2.65 bits per heavy atom. The fourth-order valence-corrected chi connectivity index (χ4v) is 2.81. The number of aliphatic imine (C=N–C) groups is 1. The Bertz CT molecular complexity index is 524. The van der Waals surface area contributed by atoms with Gasteiger partial charge in [0.05, 0.1) is 17.0 Å². The summed E-state index contributed by atoms with van der Waals surface area (Å²) in [6.07, 6.45) is 3.85. The van der Waals surface area contributed by atoms with E-state index in [0.717, 1.165) is 36.9 Å². The quantitative estimate of drug-likeness (QED) is 0.496. The Morgan fingerprint density at radius 1 is 1.35 bits per heavy atom. The van der Waals surface area contributed by atoms with Crippen molar-refractivity contribution in [3.05, 3.63) is 16.1 Å². The summed E-state index contributed by atoms with van der Waals surface area (Å²) in [6, 6.07) is 0. The lowest BCUT2D eigenvalue weighted by atomic mass is 9.93. The molecule has 1 heterocycles. The first-order valence-corrected chi connectivity index (χ1v) is 8.92. The number of aromatic nitrogens is 1. The van der Waals surface area contributed by atoms with Gasteiger partial charge in [-0.2, -0.15) is 0 Å². The Labute approximate surface area is 143 Å². The van der Waals surface area contributed by atoms with Crippen molar-refractivity contribution in [3.8, 4) is 0 Å². The molecule has 130 valence electrons. The van der Waals surface area contributed by atoms with Crippen molar-refractivity contribution in [2.45, 2.75) is 40.5 Å². The molecule has 0 atom stereocenters. The number of nitrogens with one attached hydrogen (secondary N) is 3. The van der Waals surface area contributed by atoms with Gasteiger partial charge in [0.25, 0.3) is 0 Å². The average molecular weight is 340 g/mol. The van der Waals surface area contributed by atoms with E-state index in [1.165, 1.54) is 4.88 Å². The number of hydrogen-bond acceptors (Lipinski definition) is 4. The molecule has 23 heavy (non-hydrogen) atoms. The Hall–Kier alpha value is -1.63. The van der Waals surface area contributed by atoms with Crippen LogP contribution in [0.25, 0.3) is 0 Å². The summed E-state index contributed by atoms with van der Waals surface area (Å²) in [6.45, 7) is 9.92. The van der Waals surface area contributed by atoms with E-state index in [9.17, 15) is 4.79 Å². The van der Waals surface area contributed by atoms with Crippen molar-refractivity contribution in [1.82, 2.24) is 20.9 Å². The van der Waals surface area contributed by atoms with Gasteiger partial charge in [-0.05, 0) is 27.2 Å². The summed E-state index contributed by atoms with van der Waals surface area (Å²) in [5.41, 5.74) is -0.525. The lowest BCUT2D eigenvalue weighted by molar-refractivity contribution is -0.128. The van der Waals surface area contributed by atoms with Crippen LogP contribution in [0.2, 0.25) is 0 Å². The fourth-order valence-electron chi connectivity index (χ4n) is 1.94. The van der Waals surface area contributed by atoms with E-state index in [4.69, 9.17) is 0 Å². The zero-order chi connectivity index (χ0) is 17.3. The molecule has 6 nitrogen and oxygen atoms in total. The average Bonchev–Trinajstić information content (AvgIpc) is 2.99. The number of amides is 1. The van der Waals surface area contributed by atoms with Crippen LogP contribution in [0.15, 0.2) is 11.2 Å². The standard InChI is InChI=1S/C16H29N5OS/c1-6-12-10-20-13(23-12)8-9-19-15(18-7-2)21-11-16(3,4)14(22)17-5/h10H,6-9,11H2,1-5H3,(H,17,22)(H2,18,19,21). The van der Waals surface area contributed by atoms with Crippen molar-refractivity contribution in [1.29, 1.82) is 0 Å². The van der Waals surface area contributed by atoms with Crippen LogP contribution in [0, 0.1) is 5.41 Å². The van der Waals surface area contributed by atoms with Gasteiger partial charge in [-0.3, -0.25) is 9.79 Å². The molecular formula is C16H29N5OS. The third-order valence-corrected chi connectivity index (χ3v) is 4.60. The molecule has 0 saturated carbocycles. The van der Waals surface area contributed by atoms with Gasteiger partial charge < -0.3 is 16.0 Å². The second-order valence-electron chi connectivity index (χ2n) is 5.91. The molecule has 3 N–H and O–H groups in total. The second kappa shape index (κ2) is 9.50. The summed E-state index contributed by atoms with van der Waals surface area (Å²) in [4.78, 5) is 22.1. The predicted molar refractivity (Wildman–Crippen MR) is 97.0 cm³/mol. The van der Waals surface area contributed by atoms with Crippen LogP contribution in [0.4, 0.5) is 0 Å². The number of thiazole rings is 1. The molecule has 0 aromatic carbocycles. The third kappa shape index (κ3) is 6.56. The summed E-state index contributed by atoms with van der Waals surface area (Å²) >= 11 is 1.76. The topological polar surface area (TPSA) is 78.4 Å². The number of nitrogens with zero attached hydrogens (tertiary/aromatic N) is 2. The van der Waals surface area contributed by atoms with Crippen LogP contribution in [0.5, 0.6) is 0 Å². The van der Waals surface area contributed by atoms with Crippen LogP contribution in [-0.2, 0) is 17.6 Å². The van der Waals surface area contributed by atoms with Crippen LogP contribution >= 0.6 is 11.3 Å². The maximum absolute atomic E-state index is 11.8. The van der Waals surface area contributed by atoms with Crippen LogP contribution in [0.3, 0.4) is 0 Å². The summed E-state index contributed by atoms with van der Waals surface area (Å²) in [7, 11) is 1.65. The van der Waals surface area contributed by atoms with E-state index >= 15 is 0 Å². The molecule has 0 fully saturated rings. The molecule has 0 aliphatic rings. The fraction of sp³-hybridized carbons (Fsp3) is 0.688. The molecule has 0 spiro atoms. The molecule has 0 saturated heterocycles. The highest BCUT2D eigenvalue weighted by atomic mass is 32.1. The van der Waals surface area contributed by atoms with Crippen molar-refractivity contribution in [2.24, 2.45) is 10.4 Å². The summed E-state index contributed by atoms with van der Waals surface area (Å²) < 4.78 is 0. The van der Waals surface area contributed by atoms with E-state index in [2.05, 4.69) is 32.9 Å². The summed E-state index contributed by atoms with van der Waals surface area (Å²) in [5.74, 6) is 0.726. The number of guanidine groups is 1. The molecule has 0 aliphatic heterocycles. The van der Waals surface area contributed by atoms with Crippen LogP contribution in [-0.4, -0.2) is 43.5 Å². The minimum Gasteiger partial charge on any atom is -0.359 e. The molecule has 1 aromatic heterocycles. The van der Waals surface area contributed by atoms with Crippen LogP contribution in [0.1, 0.15) is 37.6 Å². The van der Waals surface area contributed by atoms with Crippen molar-refractivity contribution in [2.75, 3.05) is 26.7 Å². The van der Waals surface area contributed by atoms with Gasteiger partial charge in [0.15, 0.2) is 5.96 Å². The first kappa shape index (κ1) is 19.4. The molecule has 0 aliphatic carbocycles. The molecule has 0 bridgehead atoms. The molecule has 0 unspecified atom stereocenters. The van der Waals surface area contributed by atoms with Gasteiger partial charge in [0, 0.05) is 37.6 Å². The normalized spacial score (nSPS) is 12.1. The van der Waals surface area contributed by atoms with Gasteiger partial charge in [0.1, 0.15) is 0 Å². The lowest BCUT2D eigenvalue weighted by Crippen LogP contribution is -2.41. The minimum absolute atomic E-state index is 0.00743. The van der Waals surface area contributed by atoms with Crippen molar-refractivity contribution >= 4 is 23.2 Å². The SMILES string of the molecule is CCNC(=NCC(C)(C)C(=O)NC)NCCc1ncc(CC)s1. The smallest absolute Gasteiger partial charge is 0.227 e. The predicted octanol–water partition coefficient (Wildman–Crippen LogP) is 1.58. The number of carbonyl (C=O) groups is 1. The van der Waals surface area contributed by atoms with E-state index in [1.807, 2.05) is 27.0 Å². The Kier molecular flexibility index (Phi) is 8.02. The Morgan fingerprint density at radius 2 is 2.09 bits per heavy atom. The highest BCUT2D eigenvalue weighted by molar-refractivity contribution is 7.11. The van der Waals surface area contributed by atoms with E-state index < -0.39 is 5.41 Å². The van der Waals surface area contributed by atoms with Gasteiger partial charge in [-0.1, -0.05) is 6.92 Å². The molecule has 1 amide bonds. The van der Waals surface area contributed by atoms with E-state index in [0.29, 0.717) is 6.54 Å². The zero-order valence-electron chi connectivity index (χ0n) is 14.8. The maximum atomic E-state index is 11.8. The van der Waals surface area contributed by atoms with Crippen LogP contribution < -0.4 is 16.0 Å². The Balaban J connectivity index is 2.53. The highest BCUT2D eigenvalue weighted by Gasteiger charge is 2.26. The number of rotatable bonds is 8. The molecule has 1 rings (SSSR count). The first-order chi connectivity index (χ1) is 10.9. The highest BCUT2D eigenvalue weighted by Crippen LogP contribution is 2.15. The van der Waals surface area contributed by atoms with Crippen molar-refractivity contribution in [3.63, 3.8) is 0 Å². The first-order valence-electron chi connectivity index (χ1n) is 8.10. The number of carbonyl (C=O) groups excluding carboxylic acids is 1. The van der Waals surface area contributed by atoms with E-state index in [1.54, 1.807) is 18.4 Å². The molecule has 0 radical (unpaired) electrons. The maximum Gasteiger partial charge on any atom is 0.227 e. The molecular weight excluding hydrogens is 310 g/mol. The zero-order valence-corrected chi connectivity index (χ0v) is 15.6. The third-order valence-electron chi connectivity index (χ3n) is 3.40. The van der Waals surface area contributed by atoms with Gasteiger partial charge >= 0.3 is 0 Å². The lowest BCUT2D eigenvalue weighted by Gasteiger charge is -2.21. The monoisotopic (exact) mass is 339 g/mol. The molecule has 1 aromatic rings.